The van der Waals surface area contributed by atoms with E-state index < -0.39 is 41.4 Å². The molecule has 1 heterocycles. The fourth-order valence-electron chi connectivity index (χ4n) is 4.13. The molecule has 0 bridgehead atoms. The lowest BCUT2D eigenvalue weighted by molar-refractivity contribution is -0.141. The standard InChI is InChI=1S/C26H32N2O6/c1-16-19(11-8-12-21(16)34-17(2)29)24(32)27-20(13-18-9-6-5-7-10-18)23(31)25(33)28-14-22(30)26(3,4)15-28/h5-12,20,22-23,30-31H,13-15H2,1-4H3,(H,27,32)/t20?,22-,23?/m1/s1. The van der Waals surface area contributed by atoms with Crippen LogP contribution in [0.3, 0.4) is 0 Å². The van der Waals surface area contributed by atoms with Crippen LogP contribution in [-0.2, 0) is 16.0 Å². The third kappa shape index (κ3) is 5.81. The Bertz CT molecular complexity index is 1050. The lowest BCUT2D eigenvalue weighted by Gasteiger charge is -2.28. The topological polar surface area (TPSA) is 116 Å². The molecule has 2 unspecified atom stereocenters. The van der Waals surface area contributed by atoms with Crippen LogP contribution in [0.2, 0.25) is 0 Å². The van der Waals surface area contributed by atoms with Gasteiger partial charge in [0.15, 0.2) is 6.10 Å². The van der Waals surface area contributed by atoms with E-state index in [9.17, 15) is 24.6 Å². The molecule has 0 aliphatic carbocycles. The molecular formula is C26H32N2O6. The molecule has 2 aromatic rings. The van der Waals surface area contributed by atoms with Crippen LogP contribution in [0, 0.1) is 12.3 Å². The lowest BCUT2D eigenvalue weighted by Crippen LogP contribution is -2.52. The van der Waals surface area contributed by atoms with Gasteiger partial charge in [-0.05, 0) is 31.0 Å². The summed E-state index contributed by atoms with van der Waals surface area (Å²) in [6.07, 6.45) is -1.98. The van der Waals surface area contributed by atoms with Crippen LogP contribution in [0.4, 0.5) is 0 Å². The summed E-state index contributed by atoms with van der Waals surface area (Å²) in [6, 6.07) is 13.1. The molecule has 3 atom stereocenters. The van der Waals surface area contributed by atoms with Gasteiger partial charge in [0, 0.05) is 36.6 Å². The highest BCUT2D eigenvalue weighted by Gasteiger charge is 2.43. The van der Waals surface area contributed by atoms with Crippen molar-refractivity contribution in [2.45, 2.75) is 52.4 Å². The second kappa shape index (κ2) is 10.4. The Morgan fingerprint density at radius 2 is 1.82 bits per heavy atom. The van der Waals surface area contributed by atoms with Crippen LogP contribution in [-0.4, -0.2) is 64.2 Å². The monoisotopic (exact) mass is 468 g/mol. The number of carbonyl (C=O) groups is 3. The number of amides is 2. The normalized spacial score (nSPS) is 18.8. The predicted octanol–water partition coefficient (Wildman–Crippen LogP) is 1.85. The summed E-state index contributed by atoms with van der Waals surface area (Å²) in [5.41, 5.74) is 1.10. The minimum Gasteiger partial charge on any atom is -0.426 e. The number of likely N-dealkylation sites (tertiary alicyclic amines) is 1. The second-order valence-electron chi connectivity index (χ2n) is 9.46. The van der Waals surface area contributed by atoms with Crippen LogP contribution in [0.15, 0.2) is 48.5 Å². The number of aliphatic hydroxyl groups is 2. The molecule has 0 radical (unpaired) electrons. The van der Waals surface area contributed by atoms with Gasteiger partial charge >= 0.3 is 5.97 Å². The van der Waals surface area contributed by atoms with Gasteiger partial charge in [-0.15, -0.1) is 0 Å². The molecule has 8 nitrogen and oxygen atoms in total. The lowest BCUT2D eigenvalue weighted by atomic mass is 9.90. The molecular weight excluding hydrogens is 436 g/mol. The molecule has 0 aromatic heterocycles. The Morgan fingerprint density at radius 1 is 1.15 bits per heavy atom. The van der Waals surface area contributed by atoms with Gasteiger partial charge in [0.2, 0.25) is 0 Å². The molecule has 3 rings (SSSR count). The Kier molecular flexibility index (Phi) is 7.74. The summed E-state index contributed by atoms with van der Waals surface area (Å²) in [5, 5.41) is 24.1. The van der Waals surface area contributed by atoms with E-state index in [1.807, 2.05) is 44.2 Å². The summed E-state index contributed by atoms with van der Waals surface area (Å²) < 4.78 is 5.17. The van der Waals surface area contributed by atoms with E-state index in [-0.39, 0.29) is 24.3 Å². The second-order valence-corrected chi connectivity index (χ2v) is 9.46. The quantitative estimate of drug-likeness (QED) is 0.422. The summed E-state index contributed by atoms with van der Waals surface area (Å²) in [6.45, 7) is 7.09. The number of carbonyl (C=O) groups excluding carboxylic acids is 3. The van der Waals surface area contributed by atoms with Crippen LogP contribution in [0.1, 0.15) is 42.3 Å². The van der Waals surface area contributed by atoms with Crippen molar-refractivity contribution in [3.63, 3.8) is 0 Å². The number of rotatable bonds is 7. The summed E-state index contributed by atoms with van der Waals surface area (Å²) in [7, 11) is 0. The van der Waals surface area contributed by atoms with Crippen LogP contribution in [0.25, 0.3) is 0 Å². The molecule has 2 amide bonds. The number of β-amino-alcohol motifs (C(OH)–C–C–N with tert-alkyl or cyclic N) is 1. The largest absolute Gasteiger partial charge is 0.426 e. The van der Waals surface area contributed by atoms with Gasteiger partial charge in [0.05, 0.1) is 12.1 Å². The van der Waals surface area contributed by atoms with E-state index >= 15 is 0 Å². The summed E-state index contributed by atoms with van der Waals surface area (Å²) >= 11 is 0. The van der Waals surface area contributed by atoms with Gasteiger partial charge in [-0.1, -0.05) is 50.2 Å². The number of nitrogens with one attached hydrogen (secondary N) is 1. The molecule has 0 saturated carbocycles. The first-order chi connectivity index (χ1) is 16.0. The average Bonchev–Trinajstić information content (AvgIpc) is 3.06. The third-order valence-electron chi connectivity index (χ3n) is 6.24. The van der Waals surface area contributed by atoms with E-state index in [0.717, 1.165) is 5.56 Å². The van der Waals surface area contributed by atoms with Gasteiger partial charge in [0.25, 0.3) is 11.8 Å². The van der Waals surface area contributed by atoms with Crippen molar-refractivity contribution < 1.29 is 29.3 Å². The van der Waals surface area contributed by atoms with Crippen molar-refractivity contribution in [1.82, 2.24) is 10.2 Å². The van der Waals surface area contributed by atoms with Crippen molar-refractivity contribution >= 4 is 17.8 Å². The predicted molar refractivity (Wildman–Crippen MR) is 126 cm³/mol. The van der Waals surface area contributed by atoms with Crippen molar-refractivity contribution in [1.29, 1.82) is 0 Å². The molecule has 182 valence electrons. The Hall–Kier alpha value is -3.23. The molecule has 1 aliphatic rings. The van der Waals surface area contributed by atoms with Crippen molar-refractivity contribution in [2.24, 2.45) is 5.41 Å². The van der Waals surface area contributed by atoms with E-state index in [4.69, 9.17) is 4.74 Å². The van der Waals surface area contributed by atoms with Gasteiger partial charge in [-0.2, -0.15) is 0 Å². The van der Waals surface area contributed by atoms with Crippen LogP contribution in [0.5, 0.6) is 5.75 Å². The molecule has 2 aromatic carbocycles. The minimum atomic E-state index is -1.51. The molecule has 3 N–H and O–H groups in total. The maximum atomic E-state index is 13.2. The number of hydrogen-bond acceptors (Lipinski definition) is 6. The number of aliphatic hydroxyl groups excluding tert-OH is 2. The highest BCUT2D eigenvalue weighted by atomic mass is 16.5. The van der Waals surface area contributed by atoms with Gasteiger partial charge in [-0.3, -0.25) is 14.4 Å². The molecule has 34 heavy (non-hydrogen) atoms. The number of esters is 1. The minimum absolute atomic E-state index is 0.123. The van der Waals surface area contributed by atoms with Crippen molar-refractivity contribution in [3.05, 3.63) is 65.2 Å². The first-order valence-corrected chi connectivity index (χ1v) is 11.3. The third-order valence-corrected chi connectivity index (χ3v) is 6.24. The Morgan fingerprint density at radius 3 is 2.41 bits per heavy atom. The SMILES string of the molecule is CC(=O)Oc1cccc(C(=O)NC(Cc2ccccc2)C(O)C(=O)N2C[C@@H](O)C(C)(C)C2)c1C. The molecule has 1 saturated heterocycles. The zero-order chi connectivity index (χ0) is 25.0. The maximum Gasteiger partial charge on any atom is 0.308 e. The van der Waals surface area contributed by atoms with Gasteiger partial charge in [0.1, 0.15) is 5.75 Å². The number of nitrogens with zero attached hydrogens (tertiary/aromatic N) is 1. The number of hydrogen-bond donors (Lipinski definition) is 3. The summed E-state index contributed by atoms with van der Waals surface area (Å²) in [5.74, 6) is -1.28. The van der Waals surface area contributed by atoms with E-state index in [2.05, 4.69) is 5.32 Å². The fourth-order valence-corrected chi connectivity index (χ4v) is 4.13. The fraction of sp³-hybridized carbons (Fsp3) is 0.423. The highest BCUT2D eigenvalue weighted by Crippen LogP contribution is 2.30. The zero-order valence-corrected chi connectivity index (χ0v) is 19.9. The highest BCUT2D eigenvalue weighted by molar-refractivity contribution is 5.97. The van der Waals surface area contributed by atoms with Crippen molar-refractivity contribution in [3.8, 4) is 5.75 Å². The van der Waals surface area contributed by atoms with Gasteiger partial charge < -0.3 is 25.2 Å². The Labute approximate surface area is 199 Å². The van der Waals surface area contributed by atoms with Crippen molar-refractivity contribution in [2.75, 3.05) is 13.1 Å². The number of ether oxygens (including phenoxy) is 1. The number of benzene rings is 2. The van der Waals surface area contributed by atoms with Gasteiger partial charge in [-0.25, -0.2) is 0 Å². The molecule has 8 heteroatoms. The maximum absolute atomic E-state index is 13.2. The molecule has 1 fully saturated rings. The smallest absolute Gasteiger partial charge is 0.308 e. The first kappa shape index (κ1) is 25.4. The van der Waals surface area contributed by atoms with Crippen LogP contribution >= 0.6 is 0 Å². The van der Waals surface area contributed by atoms with E-state index in [1.165, 1.54) is 11.8 Å². The Balaban J connectivity index is 1.84. The average molecular weight is 469 g/mol. The van der Waals surface area contributed by atoms with E-state index in [1.54, 1.807) is 25.1 Å². The van der Waals surface area contributed by atoms with E-state index in [0.29, 0.717) is 12.1 Å². The molecule has 0 spiro atoms. The first-order valence-electron chi connectivity index (χ1n) is 11.3. The zero-order valence-electron chi connectivity index (χ0n) is 19.9. The molecule has 1 aliphatic heterocycles. The van der Waals surface area contributed by atoms with Crippen LogP contribution < -0.4 is 10.1 Å². The summed E-state index contributed by atoms with van der Waals surface area (Å²) in [4.78, 5) is 39.1.